The van der Waals surface area contributed by atoms with Crippen molar-refractivity contribution in [3.05, 3.63) is 59.1 Å². The van der Waals surface area contributed by atoms with Crippen LogP contribution >= 0.6 is 11.3 Å². The number of benzene rings is 1. The Labute approximate surface area is 121 Å². The van der Waals surface area contributed by atoms with Crippen molar-refractivity contribution in [1.82, 2.24) is 4.98 Å². The van der Waals surface area contributed by atoms with E-state index in [0.717, 1.165) is 22.3 Å². The fraction of sp³-hybridized carbons (Fsp3) is 0.188. The molecule has 0 bridgehead atoms. The van der Waals surface area contributed by atoms with Gasteiger partial charge in [0.15, 0.2) is 0 Å². The van der Waals surface area contributed by atoms with Crippen molar-refractivity contribution < 1.29 is 5.11 Å². The van der Waals surface area contributed by atoms with Crippen LogP contribution in [-0.2, 0) is 6.61 Å². The van der Waals surface area contributed by atoms with Crippen LogP contribution in [0.4, 0.5) is 5.69 Å². The lowest BCUT2D eigenvalue weighted by molar-refractivity contribution is 0.282. The zero-order valence-electron chi connectivity index (χ0n) is 11.2. The molecule has 0 radical (unpaired) electrons. The van der Waals surface area contributed by atoms with E-state index in [1.54, 1.807) is 11.3 Å². The summed E-state index contributed by atoms with van der Waals surface area (Å²) in [6, 6.07) is 12.2. The van der Waals surface area contributed by atoms with E-state index in [4.69, 9.17) is 0 Å². The molecule has 4 heteroatoms. The van der Waals surface area contributed by atoms with Crippen LogP contribution in [-0.4, -0.2) is 10.1 Å². The fourth-order valence-corrected chi connectivity index (χ4v) is 3.00. The predicted molar refractivity (Wildman–Crippen MR) is 84.0 cm³/mol. The van der Waals surface area contributed by atoms with E-state index in [-0.39, 0.29) is 12.6 Å². The van der Waals surface area contributed by atoms with Crippen molar-refractivity contribution >= 4 is 27.2 Å². The number of para-hydroxylation sites is 1. The maximum Gasteiger partial charge on any atom is 0.0809 e. The second-order valence-electron chi connectivity index (χ2n) is 4.75. The molecule has 0 spiro atoms. The molecule has 0 aliphatic rings. The molecule has 0 saturated heterocycles. The highest BCUT2D eigenvalue weighted by atomic mass is 32.1. The Kier molecular flexibility index (Phi) is 3.67. The smallest absolute Gasteiger partial charge is 0.0809 e. The number of aromatic nitrogens is 1. The normalized spacial score (nSPS) is 12.5. The first-order valence-corrected chi connectivity index (χ1v) is 7.44. The number of fused-ring (bicyclic) bond motifs is 1. The number of nitrogens with one attached hydrogen (secondary N) is 1. The quantitative estimate of drug-likeness (QED) is 0.762. The van der Waals surface area contributed by atoms with Crippen molar-refractivity contribution in [2.75, 3.05) is 5.32 Å². The summed E-state index contributed by atoms with van der Waals surface area (Å²) in [5, 5.41) is 14.9. The van der Waals surface area contributed by atoms with E-state index in [9.17, 15) is 5.11 Å². The number of pyridine rings is 1. The highest BCUT2D eigenvalue weighted by Gasteiger charge is 2.09. The van der Waals surface area contributed by atoms with Gasteiger partial charge >= 0.3 is 0 Å². The topological polar surface area (TPSA) is 45.1 Å². The van der Waals surface area contributed by atoms with Crippen molar-refractivity contribution in [1.29, 1.82) is 0 Å². The predicted octanol–water partition coefficient (Wildman–Crippen LogP) is 3.96. The van der Waals surface area contributed by atoms with E-state index in [2.05, 4.69) is 28.7 Å². The molecule has 1 aromatic carbocycles. The van der Waals surface area contributed by atoms with E-state index < -0.39 is 0 Å². The van der Waals surface area contributed by atoms with E-state index in [1.165, 1.54) is 4.70 Å². The van der Waals surface area contributed by atoms with Crippen LogP contribution in [0.1, 0.15) is 24.1 Å². The van der Waals surface area contributed by atoms with Crippen molar-refractivity contribution in [2.45, 2.75) is 19.6 Å². The summed E-state index contributed by atoms with van der Waals surface area (Å²) in [6.45, 7) is 2.14. The fourth-order valence-electron chi connectivity index (χ4n) is 2.21. The van der Waals surface area contributed by atoms with E-state index in [0.29, 0.717) is 0 Å². The third kappa shape index (κ3) is 2.53. The molecule has 3 nitrogen and oxygen atoms in total. The van der Waals surface area contributed by atoms with Crippen molar-refractivity contribution in [3.8, 4) is 0 Å². The van der Waals surface area contributed by atoms with Gasteiger partial charge in [-0.1, -0.05) is 18.2 Å². The Morgan fingerprint density at radius 3 is 3.00 bits per heavy atom. The Morgan fingerprint density at radius 2 is 2.15 bits per heavy atom. The summed E-state index contributed by atoms with van der Waals surface area (Å²) in [5.74, 6) is 0. The average molecular weight is 284 g/mol. The Morgan fingerprint density at radius 1 is 1.30 bits per heavy atom. The van der Waals surface area contributed by atoms with Gasteiger partial charge in [-0.3, -0.25) is 4.98 Å². The van der Waals surface area contributed by atoms with E-state index in [1.807, 2.05) is 36.5 Å². The molecule has 1 atom stereocenters. The average Bonchev–Trinajstić information content (AvgIpc) is 2.95. The van der Waals surface area contributed by atoms with Crippen molar-refractivity contribution in [2.24, 2.45) is 0 Å². The number of rotatable bonds is 4. The van der Waals surface area contributed by atoms with Gasteiger partial charge in [0, 0.05) is 17.4 Å². The van der Waals surface area contributed by atoms with Crippen LogP contribution in [0.3, 0.4) is 0 Å². The zero-order chi connectivity index (χ0) is 13.9. The number of hydrogen-bond acceptors (Lipinski definition) is 4. The number of hydrogen-bond donors (Lipinski definition) is 2. The SMILES string of the molecule is CC(Nc1ccccc1CO)c1cnc2ccsc2c1. The first-order valence-electron chi connectivity index (χ1n) is 6.56. The molecule has 2 aromatic heterocycles. The first kappa shape index (κ1) is 13.1. The minimum Gasteiger partial charge on any atom is -0.392 e. The summed E-state index contributed by atoms with van der Waals surface area (Å²) in [4.78, 5) is 4.47. The van der Waals surface area contributed by atoms with Gasteiger partial charge in [0.1, 0.15) is 0 Å². The molecule has 0 amide bonds. The molecule has 102 valence electrons. The molecule has 0 aliphatic carbocycles. The van der Waals surface area contributed by atoms with Gasteiger partial charge in [0.2, 0.25) is 0 Å². The lowest BCUT2D eigenvalue weighted by Crippen LogP contribution is -2.08. The molecular weight excluding hydrogens is 268 g/mol. The van der Waals surface area contributed by atoms with Crippen LogP contribution in [0.5, 0.6) is 0 Å². The zero-order valence-corrected chi connectivity index (χ0v) is 12.0. The van der Waals surface area contributed by atoms with E-state index >= 15 is 0 Å². The highest BCUT2D eigenvalue weighted by Crippen LogP contribution is 2.26. The van der Waals surface area contributed by atoms with Crippen molar-refractivity contribution in [3.63, 3.8) is 0 Å². The third-order valence-corrected chi connectivity index (χ3v) is 4.24. The lowest BCUT2D eigenvalue weighted by Gasteiger charge is -2.17. The standard InChI is InChI=1S/C16H16N2OS/c1-11(18-14-5-3-2-4-12(14)10-19)13-8-16-15(17-9-13)6-7-20-16/h2-9,11,18-19H,10H2,1H3. The van der Waals surface area contributed by atoms with Gasteiger partial charge in [-0.15, -0.1) is 11.3 Å². The molecule has 1 unspecified atom stereocenters. The second-order valence-corrected chi connectivity index (χ2v) is 5.70. The van der Waals surface area contributed by atoms with Crippen LogP contribution in [0.15, 0.2) is 48.0 Å². The molecule has 3 aromatic rings. The minimum absolute atomic E-state index is 0.0398. The van der Waals surface area contributed by atoms with Gasteiger partial charge in [-0.05, 0) is 36.1 Å². The Balaban J connectivity index is 1.86. The molecular formula is C16H16N2OS. The summed E-state index contributed by atoms with van der Waals surface area (Å²) in [7, 11) is 0. The lowest BCUT2D eigenvalue weighted by atomic mass is 10.1. The molecule has 0 saturated carbocycles. The largest absolute Gasteiger partial charge is 0.392 e. The van der Waals surface area contributed by atoms with Gasteiger partial charge < -0.3 is 10.4 Å². The summed E-state index contributed by atoms with van der Waals surface area (Å²) >= 11 is 1.70. The van der Waals surface area contributed by atoms with Crippen LogP contribution in [0, 0.1) is 0 Å². The van der Waals surface area contributed by atoms with Gasteiger partial charge in [0.25, 0.3) is 0 Å². The summed E-state index contributed by atoms with van der Waals surface area (Å²) in [5.41, 5.74) is 4.06. The molecule has 0 aliphatic heterocycles. The molecule has 20 heavy (non-hydrogen) atoms. The van der Waals surface area contributed by atoms with Crippen LogP contribution in [0.25, 0.3) is 10.2 Å². The number of aliphatic hydroxyl groups is 1. The Hall–Kier alpha value is -1.91. The minimum atomic E-state index is 0.0398. The number of nitrogens with zero attached hydrogens (tertiary/aromatic N) is 1. The summed E-state index contributed by atoms with van der Waals surface area (Å²) in [6.07, 6.45) is 1.91. The maximum absolute atomic E-state index is 9.36. The Bertz CT molecular complexity index is 723. The third-order valence-electron chi connectivity index (χ3n) is 3.38. The molecule has 2 heterocycles. The molecule has 0 fully saturated rings. The second kappa shape index (κ2) is 5.61. The van der Waals surface area contributed by atoms with Gasteiger partial charge in [0.05, 0.1) is 22.9 Å². The van der Waals surface area contributed by atoms with Gasteiger partial charge in [-0.2, -0.15) is 0 Å². The number of thiophene rings is 1. The monoisotopic (exact) mass is 284 g/mol. The first-order chi connectivity index (χ1) is 9.78. The summed E-state index contributed by atoms with van der Waals surface area (Å²) < 4.78 is 1.20. The van der Waals surface area contributed by atoms with Crippen LogP contribution in [0.2, 0.25) is 0 Å². The highest BCUT2D eigenvalue weighted by molar-refractivity contribution is 7.17. The molecule has 2 N–H and O–H groups in total. The maximum atomic E-state index is 9.36. The van der Waals surface area contributed by atoms with Gasteiger partial charge in [-0.25, -0.2) is 0 Å². The number of anilines is 1. The molecule has 3 rings (SSSR count). The number of aliphatic hydroxyl groups excluding tert-OH is 1. The van der Waals surface area contributed by atoms with Crippen LogP contribution < -0.4 is 5.32 Å².